The molecule has 1 saturated carbocycles. The molecule has 4 heteroatoms. The van der Waals surface area contributed by atoms with E-state index in [0.29, 0.717) is 11.6 Å². The summed E-state index contributed by atoms with van der Waals surface area (Å²) in [6, 6.07) is 7.76. The van der Waals surface area contributed by atoms with Gasteiger partial charge in [0, 0.05) is 17.3 Å². The van der Waals surface area contributed by atoms with Crippen LogP contribution in [0, 0.1) is 5.92 Å². The van der Waals surface area contributed by atoms with Gasteiger partial charge in [0.1, 0.15) is 0 Å². The van der Waals surface area contributed by atoms with Gasteiger partial charge >= 0.3 is 5.97 Å². The van der Waals surface area contributed by atoms with Crippen molar-refractivity contribution in [1.29, 1.82) is 0 Å². The number of benzene rings is 1. The molecule has 0 bridgehead atoms. The summed E-state index contributed by atoms with van der Waals surface area (Å²) in [5.74, 6) is -0.822. The zero-order valence-electron chi connectivity index (χ0n) is 11.1. The minimum absolute atomic E-state index is 0.0539. The molecule has 0 amide bonds. The van der Waals surface area contributed by atoms with Crippen molar-refractivity contribution in [3.05, 3.63) is 29.8 Å². The Morgan fingerprint density at radius 3 is 2.47 bits per heavy atom. The molecule has 0 aromatic heterocycles. The van der Waals surface area contributed by atoms with Gasteiger partial charge < -0.3 is 10.4 Å². The minimum atomic E-state index is -0.683. The van der Waals surface area contributed by atoms with Gasteiger partial charge in [0.25, 0.3) is 0 Å². The molecular weight excluding hydrogens is 242 g/mol. The zero-order chi connectivity index (χ0) is 13.8. The van der Waals surface area contributed by atoms with Crippen LogP contribution in [-0.2, 0) is 4.79 Å². The third-order valence-corrected chi connectivity index (χ3v) is 3.72. The number of carboxylic acids is 1. The van der Waals surface area contributed by atoms with Crippen LogP contribution in [0.3, 0.4) is 0 Å². The normalized spacial score (nSPS) is 22.8. The van der Waals surface area contributed by atoms with E-state index in [9.17, 15) is 9.59 Å². The van der Waals surface area contributed by atoms with Crippen molar-refractivity contribution >= 4 is 17.4 Å². The lowest BCUT2D eigenvalue weighted by Crippen LogP contribution is -2.29. The first kappa shape index (κ1) is 13.6. The Bertz CT molecular complexity index is 476. The summed E-state index contributed by atoms with van der Waals surface area (Å²) in [5, 5.41) is 12.3. The second-order valence-corrected chi connectivity index (χ2v) is 5.17. The number of hydrogen-bond acceptors (Lipinski definition) is 3. The average molecular weight is 261 g/mol. The van der Waals surface area contributed by atoms with Gasteiger partial charge in [-0.1, -0.05) is 12.1 Å². The fourth-order valence-corrected chi connectivity index (χ4v) is 2.55. The SMILES string of the molecule is CC(=O)c1cccc(NC2CCC(C(=O)O)CC2)c1. The summed E-state index contributed by atoms with van der Waals surface area (Å²) < 4.78 is 0. The quantitative estimate of drug-likeness (QED) is 0.818. The predicted molar refractivity (Wildman–Crippen MR) is 73.5 cm³/mol. The lowest BCUT2D eigenvalue weighted by molar-refractivity contribution is -0.142. The van der Waals surface area contributed by atoms with Gasteiger partial charge in [0.05, 0.1) is 5.92 Å². The number of hydrogen-bond donors (Lipinski definition) is 2. The summed E-state index contributed by atoms with van der Waals surface area (Å²) in [4.78, 5) is 22.2. The summed E-state index contributed by atoms with van der Waals surface area (Å²) in [6.07, 6.45) is 3.17. The number of aliphatic carboxylic acids is 1. The Kier molecular flexibility index (Phi) is 4.20. The van der Waals surface area contributed by atoms with Crippen LogP contribution in [0.4, 0.5) is 5.69 Å². The smallest absolute Gasteiger partial charge is 0.306 e. The van der Waals surface area contributed by atoms with E-state index >= 15 is 0 Å². The fraction of sp³-hybridized carbons (Fsp3) is 0.467. The molecule has 1 aromatic carbocycles. The number of ketones is 1. The van der Waals surface area contributed by atoms with E-state index in [1.54, 1.807) is 13.0 Å². The maximum absolute atomic E-state index is 11.3. The predicted octanol–water partition coefficient (Wildman–Crippen LogP) is 2.94. The van der Waals surface area contributed by atoms with Crippen molar-refractivity contribution in [2.45, 2.75) is 38.6 Å². The molecule has 1 fully saturated rings. The first-order chi connectivity index (χ1) is 9.06. The molecule has 0 heterocycles. The number of nitrogens with one attached hydrogen (secondary N) is 1. The van der Waals surface area contributed by atoms with Crippen molar-refractivity contribution in [2.75, 3.05) is 5.32 Å². The number of carbonyl (C=O) groups excluding carboxylic acids is 1. The number of Topliss-reactive ketones (excluding diaryl/α,β-unsaturated/α-hetero) is 1. The second kappa shape index (κ2) is 5.87. The third kappa shape index (κ3) is 3.56. The average Bonchev–Trinajstić information content (AvgIpc) is 2.39. The molecule has 0 spiro atoms. The highest BCUT2D eigenvalue weighted by atomic mass is 16.4. The third-order valence-electron chi connectivity index (χ3n) is 3.72. The summed E-state index contributed by atoms with van der Waals surface area (Å²) >= 11 is 0. The molecular formula is C15H19NO3. The molecule has 0 aliphatic heterocycles. The van der Waals surface area contributed by atoms with E-state index in [2.05, 4.69) is 5.32 Å². The standard InChI is InChI=1S/C15H19NO3/c1-10(17)12-3-2-4-14(9-12)16-13-7-5-11(6-8-13)15(18)19/h2-4,9,11,13,16H,5-8H2,1H3,(H,18,19). The Morgan fingerprint density at radius 1 is 1.21 bits per heavy atom. The monoisotopic (exact) mass is 261 g/mol. The molecule has 4 nitrogen and oxygen atoms in total. The Balaban J connectivity index is 1.94. The van der Waals surface area contributed by atoms with E-state index < -0.39 is 5.97 Å². The van der Waals surface area contributed by atoms with Crippen LogP contribution in [0.15, 0.2) is 24.3 Å². The van der Waals surface area contributed by atoms with Gasteiger partial charge in [0.15, 0.2) is 5.78 Å². The van der Waals surface area contributed by atoms with Crippen molar-refractivity contribution in [2.24, 2.45) is 5.92 Å². The van der Waals surface area contributed by atoms with Crippen molar-refractivity contribution in [1.82, 2.24) is 0 Å². The van der Waals surface area contributed by atoms with E-state index in [1.165, 1.54) is 0 Å². The van der Waals surface area contributed by atoms with Gasteiger partial charge in [-0.2, -0.15) is 0 Å². The van der Waals surface area contributed by atoms with Gasteiger partial charge in [-0.25, -0.2) is 0 Å². The molecule has 0 unspecified atom stereocenters. The van der Waals surface area contributed by atoms with Gasteiger partial charge in [-0.3, -0.25) is 9.59 Å². The molecule has 102 valence electrons. The fourth-order valence-electron chi connectivity index (χ4n) is 2.55. The molecule has 1 aliphatic carbocycles. The van der Waals surface area contributed by atoms with Crippen LogP contribution in [-0.4, -0.2) is 22.9 Å². The van der Waals surface area contributed by atoms with E-state index in [1.807, 2.05) is 18.2 Å². The number of anilines is 1. The van der Waals surface area contributed by atoms with Crippen molar-refractivity contribution in [3.8, 4) is 0 Å². The highest BCUT2D eigenvalue weighted by Gasteiger charge is 2.25. The Morgan fingerprint density at radius 2 is 1.89 bits per heavy atom. The number of rotatable bonds is 4. The highest BCUT2D eigenvalue weighted by molar-refractivity contribution is 5.94. The lowest BCUT2D eigenvalue weighted by Gasteiger charge is -2.27. The van der Waals surface area contributed by atoms with Crippen LogP contribution in [0.1, 0.15) is 43.0 Å². The molecule has 0 atom stereocenters. The largest absolute Gasteiger partial charge is 0.481 e. The van der Waals surface area contributed by atoms with Gasteiger partial charge in [0.2, 0.25) is 0 Å². The first-order valence-electron chi connectivity index (χ1n) is 6.66. The number of carbonyl (C=O) groups is 2. The van der Waals surface area contributed by atoms with Crippen LogP contribution < -0.4 is 5.32 Å². The summed E-state index contributed by atoms with van der Waals surface area (Å²) in [5.41, 5.74) is 1.63. The zero-order valence-corrected chi connectivity index (χ0v) is 11.1. The van der Waals surface area contributed by atoms with E-state index in [4.69, 9.17) is 5.11 Å². The number of carboxylic acid groups (broad SMARTS) is 1. The second-order valence-electron chi connectivity index (χ2n) is 5.17. The maximum Gasteiger partial charge on any atom is 0.306 e. The molecule has 1 aromatic rings. The van der Waals surface area contributed by atoms with Crippen LogP contribution in [0.5, 0.6) is 0 Å². The van der Waals surface area contributed by atoms with Gasteiger partial charge in [-0.15, -0.1) is 0 Å². The molecule has 1 aliphatic rings. The minimum Gasteiger partial charge on any atom is -0.481 e. The van der Waals surface area contributed by atoms with E-state index in [0.717, 1.165) is 31.4 Å². The van der Waals surface area contributed by atoms with Crippen molar-refractivity contribution in [3.63, 3.8) is 0 Å². The molecule has 2 N–H and O–H groups in total. The summed E-state index contributed by atoms with van der Waals surface area (Å²) in [6.45, 7) is 1.55. The van der Waals surface area contributed by atoms with Crippen molar-refractivity contribution < 1.29 is 14.7 Å². The van der Waals surface area contributed by atoms with Gasteiger partial charge in [-0.05, 0) is 44.7 Å². The first-order valence-corrected chi connectivity index (χ1v) is 6.66. The van der Waals surface area contributed by atoms with Crippen LogP contribution >= 0.6 is 0 Å². The molecule has 0 saturated heterocycles. The molecule has 0 radical (unpaired) electrons. The Hall–Kier alpha value is -1.84. The van der Waals surface area contributed by atoms with Crippen LogP contribution in [0.2, 0.25) is 0 Å². The van der Waals surface area contributed by atoms with Crippen LogP contribution in [0.25, 0.3) is 0 Å². The summed E-state index contributed by atoms with van der Waals surface area (Å²) in [7, 11) is 0. The molecule has 19 heavy (non-hydrogen) atoms. The topological polar surface area (TPSA) is 66.4 Å². The highest BCUT2D eigenvalue weighted by Crippen LogP contribution is 2.27. The Labute approximate surface area is 112 Å². The molecule has 2 rings (SSSR count). The lowest BCUT2D eigenvalue weighted by atomic mass is 9.86. The van der Waals surface area contributed by atoms with E-state index in [-0.39, 0.29) is 11.7 Å². The maximum atomic E-state index is 11.3.